The van der Waals surface area contributed by atoms with E-state index in [2.05, 4.69) is 27.6 Å². The highest BCUT2D eigenvalue weighted by molar-refractivity contribution is 14.1. The number of hydrogen-bond donors (Lipinski definition) is 1. The van der Waals surface area contributed by atoms with E-state index >= 15 is 0 Å². The first kappa shape index (κ1) is 10.8. The van der Waals surface area contributed by atoms with Gasteiger partial charge in [0.15, 0.2) is 0 Å². The number of nitrogens with zero attached hydrogens (tertiary/aromatic N) is 1. The van der Waals surface area contributed by atoms with E-state index in [1.54, 1.807) is 6.26 Å². The lowest BCUT2D eigenvalue weighted by Gasteiger charge is -2.02. The van der Waals surface area contributed by atoms with Gasteiger partial charge in [0.2, 0.25) is 0 Å². The molecule has 3 nitrogen and oxygen atoms in total. The molecule has 5 heteroatoms. The van der Waals surface area contributed by atoms with Crippen LogP contribution in [0.3, 0.4) is 0 Å². The largest absolute Gasteiger partial charge is 0.439 e. The maximum Gasteiger partial charge on any atom is 0.260 e. The molecule has 0 spiro atoms. The molecule has 0 aliphatic heterocycles. The topological polar surface area (TPSA) is 52.0 Å². The lowest BCUT2D eigenvalue weighted by Crippen LogP contribution is -1.89. The molecule has 0 amide bonds. The summed E-state index contributed by atoms with van der Waals surface area (Å²) in [7, 11) is 0. The van der Waals surface area contributed by atoms with Gasteiger partial charge in [0.05, 0.1) is 5.69 Å². The molecule has 2 rings (SSSR count). The predicted molar refractivity (Wildman–Crippen MR) is 68.9 cm³/mol. The maximum atomic E-state index is 5.88. The highest BCUT2D eigenvalue weighted by Crippen LogP contribution is 2.32. The Morgan fingerprint density at radius 3 is 2.87 bits per heavy atom. The first-order valence-corrected chi connectivity index (χ1v) is 6.19. The third kappa shape index (κ3) is 2.66. The number of benzene rings is 1. The Kier molecular flexibility index (Phi) is 3.20. The molecule has 2 N–H and O–H groups in total. The molecule has 0 bridgehead atoms. The Bertz CT molecular complexity index is 484. The fraction of sp³-hybridized carbons (Fsp3) is 0.100. The summed E-state index contributed by atoms with van der Waals surface area (Å²) < 4.78 is 6.37. The van der Waals surface area contributed by atoms with Crippen molar-refractivity contribution in [3.63, 3.8) is 0 Å². The number of anilines is 1. The van der Waals surface area contributed by atoms with Gasteiger partial charge in [-0.15, -0.1) is 0 Å². The predicted octanol–water partition coefficient (Wildman–Crippen LogP) is 3.32. The quantitative estimate of drug-likeness (QED) is 0.677. The summed E-state index contributed by atoms with van der Waals surface area (Å²) in [5, 5.41) is 0.625. The summed E-state index contributed by atoms with van der Waals surface area (Å²) in [6.45, 7) is 1.89. The number of aryl methyl sites for hydroxylation is 1. The number of aromatic nitrogens is 1. The second-order valence-corrected chi connectivity index (χ2v) is 5.28. The molecule has 2 aromatic rings. The smallest absolute Gasteiger partial charge is 0.260 e. The van der Waals surface area contributed by atoms with E-state index in [0.29, 0.717) is 5.22 Å². The number of nitrogen functional groups attached to an aromatic ring is 1. The number of rotatable bonds is 2. The van der Waals surface area contributed by atoms with Crippen molar-refractivity contribution >= 4 is 40.0 Å². The number of hydrogen-bond acceptors (Lipinski definition) is 4. The molecule has 78 valence electrons. The summed E-state index contributed by atoms with van der Waals surface area (Å²) >= 11 is 3.67. The molecule has 0 radical (unpaired) electrons. The molecule has 0 unspecified atom stereocenters. The van der Waals surface area contributed by atoms with Gasteiger partial charge < -0.3 is 10.2 Å². The van der Waals surface area contributed by atoms with Crippen LogP contribution in [0, 0.1) is 10.5 Å². The molecule has 0 saturated heterocycles. The maximum absolute atomic E-state index is 5.88. The van der Waals surface area contributed by atoms with E-state index in [1.807, 2.05) is 25.1 Å². The minimum absolute atomic E-state index is 0.625. The lowest BCUT2D eigenvalue weighted by atomic mass is 10.3. The number of halogens is 1. The van der Waals surface area contributed by atoms with Crippen LogP contribution in [0.4, 0.5) is 5.69 Å². The zero-order valence-corrected chi connectivity index (χ0v) is 11.0. The first-order chi connectivity index (χ1) is 7.15. The van der Waals surface area contributed by atoms with Crippen LogP contribution in [0.1, 0.15) is 5.69 Å². The van der Waals surface area contributed by atoms with Crippen molar-refractivity contribution in [2.75, 3.05) is 5.73 Å². The van der Waals surface area contributed by atoms with E-state index in [9.17, 15) is 0 Å². The highest BCUT2D eigenvalue weighted by Gasteiger charge is 2.06. The summed E-state index contributed by atoms with van der Waals surface area (Å²) in [5.41, 5.74) is 7.51. The number of oxazole rings is 1. The molecule has 0 fully saturated rings. The van der Waals surface area contributed by atoms with Crippen molar-refractivity contribution in [2.24, 2.45) is 0 Å². The molecule has 1 heterocycles. The van der Waals surface area contributed by atoms with Crippen LogP contribution in [0.15, 0.2) is 39.0 Å². The van der Waals surface area contributed by atoms with Crippen LogP contribution >= 0.6 is 34.4 Å². The van der Waals surface area contributed by atoms with Gasteiger partial charge in [0, 0.05) is 14.2 Å². The molecule has 0 atom stereocenters. The molecular formula is C10H9IN2OS. The Hall–Kier alpha value is -0.690. The van der Waals surface area contributed by atoms with Gasteiger partial charge in [-0.05, 0) is 59.5 Å². The Morgan fingerprint density at radius 2 is 2.27 bits per heavy atom. The Labute approximate surface area is 106 Å². The zero-order chi connectivity index (χ0) is 10.8. The van der Waals surface area contributed by atoms with Gasteiger partial charge in [-0.1, -0.05) is 0 Å². The van der Waals surface area contributed by atoms with Gasteiger partial charge >= 0.3 is 0 Å². The van der Waals surface area contributed by atoms with Crippen LogP contribution in [-0.4, -0.2) is 4.98 Å². The molecule has 15 heavy (non-hydrogen) atoms. The van der Waals surface area contributed by atoms with Crippen molar-refractivity contribution in [1.82, 2.24) is 4.98 Å². The second kappa shape index (κ2) is 4.44. The van der Waals surface area contributed by atoms with Gasteiger partial charge in [-0.2, -0.15) is 0 Å². The van der Waals surface area contributed by atoms with Gasteiger partial charge in [-0.3, -0.25) is 0 Å². The Morgan fingerprint density at radius 1 is 1.47 bits per heavy atom. The summed E-state index contributed by atoms with van der Waals surface area (Å²) in [6, 6.07) is 5.91. The van der Waals surface area contributed by atoms with E-state index in [4.69, 9.17) is 10.2 Å². The molecule has 0 aliphatic rings. The van der Waals surface area contributed by atoms with Crippen LogP contribution in [0.5, 0.6) is 0 Å². The van der Waals surface area contributed by atoms with Crippen molar-refractivity contribution in [3.05, 3.63) is 33.7 Å². The van der Waals surface area contributed by atoms with Crippen LogP contribution in [0.25, 0.3) is 0 Å². The van der Waals surface area contributed by atoms with Crippen molar-refractivity contribution in [2.45, 2.75) is 17.0 Å². The zero-order valence-electron chi connectivity index (χ0n) is 8.03. The summed E-state index contributed by atoms with van der Waals surface area (Å²) in [5.74, 6) is 0. The molecule has 0 aliphatic carbocycles. The standard InChI is InChI=1S/C10H9IN2OS/c1-6-5-14-10(13-6)15-9-3-2-7(11)4-8(9)12/h2-5H,12H2,1H3. The van der Waals surface area contributed by atoms with E-state index < -0.39 is 0 Å². The molecule has 1 aromatic heterocycles. The third-order valence-electron chi connectivity index (χ3n) is 1.77. The third-order valence-corrected chi connectivity index (χ3v) is 3.39. The molecule has 1 aromatic carbocycles. The average molecular weight is 332 g/mol. The normalized spacial score (nSPS) is 10.5. The van der Waals surface area contributed by atoms with Gasteiger partial charge in [0.25, 0.3) is 5.22 Å². The van der Waals surface area contributed by atoms with Crippen LogP contribution < -0.4 is 5.73 Å². The highest BCUT2D eigenvalue weighted by atomic mass is 127. The monoisotopic (exact) mass is 332 g/mol. The van der Waals surface area contributed by atoms with Crippen molar-refractivity contribution in [1.29, 1.82) is 0 Å². The first-order valence-electron chi connectivity index (χ1n) is 4.30. The summed E-state index contributed by atoms with van der Waals surface area (Å²) in [6.07, 6.45) is 1.63. The summed E-state index contributed by atoms with van der Waals surface area (Å²) in [4.78, 5) is 5.18. The molecule has 0 saturated carbocycles. The van der Waals surface area contributed by atoms with Crippen LogP contribution in [-0.2, 0) is 0 Å². The van der Waals surface area contributed by atoms with Crippen molar-refractivity contribution < 1.29 is 4.42 Å². The van der Waals surface area contributed by atoms with E-state index in [-0.39, 0.29) is 0 Å². The van der Waals surface area contributed by atoms with Crippen LogP contribution in [0.2, 0.25) is 0 Å². The number of nitrogens with two attached hydrogens (primary N) is 1. The lowest BCUT2D eigenvalue weighted by molar-refractivity contribution is 0.454. The fourth-order valence-electron chi connectivity index (χ4n) is 1.09. The minimum Gasteiger partial charge on any atom is -0.439 e. The van der Waals surface area contributed by atoms with Gasteiger partial charge in [-0.25, -0.2) is 4.98 Å². The fourth-order valence-corrected chi connectivity index (χ4v) is 2.39. The van der Waals surface area contributed by atoms with E-state index in [0.717, 1.165) is 19.8 Å². The van der Waals surface area contributed by atoms with E-state index in [1.165, 1.54) is 11.8 Å². The average Bonchev–Trinajstić information content (AvgIpc) is 2.56. The minimum atomic E-state index is 0.625. The Balaban J connectivity index is 2.24. The van der Waals surface area contributed by atoms with Gasteiger partial charge in [0.1, 0.15) is 6.26 Å². The molecular weight excluding hydrogens is 323 g/mol. The van der Waals surface area contributed by atoms with Crippen molar-refractivity contribution in [3.8, 4) is 0 Å². The SMILES string of the molecule is Cc1coc(Sc2ccc(I)cc2N)n1. The second-order valence-electron chi connectivity index (χ2n) is 3.04.